The van der Waals surface area contributed by atoms with Crippen molar-refractivity contribution < 1.29 is 28.2 Å². The van der Waals surface area contributed by atoms with E-state index in [9.17, 15) is 23.5 Å². The molecule has 0 bridgehead atoms. The molecule has 35 heavy (non-hydrogen) atoms. The van der Waals surface area contributed by atoms with E-state index in [0.29, 0.717) is 35.4 Å². The van der Waals surface area contributed by atoms with E-state index in [0.717, 1.165) is 11.1 Å². The summed E-state index contributed by atoms with van der Waals surface area (Å²) in [6, 6.07) is 9.81. The van der Waals surface area contributed by atoms with Crippen LogP contribution in [0.15, 0.2) is 47.4 Å². The number of aromatic nitrogens is 2. The number of halogens is 2. The highest BCUT2D eigenvalue weighted by molar-refractivity contribution is 5.94. The van der Waals surface area contributed by atoms with Gasteiger partial charge in [0.15, 0.2) is 11.5 Å². The third-order valence-electron chi connectivity index (χ3n) is 6.55. The van der Waals surface area contributed by atoms with Gasteiger partial charge in [-0.05, 0) is 67.6 Å². The fraction of sp³-hybridized carbons (Fsp3) is 0.346. The summed E-state index contributed by atoms with van der Waals surface area (Å²) in [5.74, 6) is -0.217. The predicted octanol–water partition coefficient (Wildman–Crippen LogP) is 3.68. The molecule has 2 aromatic heterocycles. The summed E-state index contributed by atoms with van der Waals surface area (Å²) >= 11 is 0. The molecule has 7 nitrogen and oxygen atoms in total. The number of ketones is 1. The molecule has 1 fully saturated rings. The summed E-state index contributed by atoms with van der Waals surface area (Å²) in [7, 11) is 0. The van der Waals surface area contributed by atoms with Crippen LogP contribution >= 0.6 is 0 Å². The van der Waals surface area contributed by atoms with Gasteiger partial charge in [-0.2, -0.15) is 0 Å². The molecular weight excluding hydrogens is 458 g/mol. The van der Waals surface area contributed by atoms with Crippen LogP contribution in [0.4, 0.5) is 8.78 Å². The molecule has 1 N–H and O–H groups in total. The lowest BCUT2D eigenvalue weighted by Crippen LogP contribution is -2.26. The number of Topliss-reactive ketones (excluding diaryl/α,β-unsaturated/α-hetero) is 1. The van der Waals surface area contributed by atoms with Crippen molar-refractivity contribution in [2.45, 2.75) is 51.4 Å². The van der Waals surface area contributed by atoms with E-state index < -0.39 is 11.7 Å². The number of fused-ring (bicyclic) bond motifs is 1. The number of hydrogen-bond donors (Lipinski definition) is 1. The molecule has 1 aliphatic carbocycles. The van der Waals surface area contributed by atoms with Gasteiger partial charge in [-0.25, -0.2) is 0 Å². The normalized spacial score (nSPS) is 16.8. The molecule has 0 amide bonds. The number of hydrogen-bond acceptors (Lipinski definition) is 6. The topological polar surface area (TPSA) is 90.7 Å². The Bertz CT molecular complexity index is 1390. The van der Waals surface area contributed by atoms with E-state index in [2.05, 4.69) is 14.5 Å². The minimum atomic E-state index is -3.71. The Hall–Kier alpha value is -3.59. The number of aliphatic hydroxyl groups excluding tert-OH is 1. The summed E-state index contributed by atoms with van der Waals surface area (Å²) < 4.78 is 37.3. The van der Waals surface area contributed by atoms with Gasteiger partial charge in [0.25, 0.3) is 5.56 Å². The summed E-state index contributed by atoms with van der Waals surface area (Å²) in [6.07, 6.45) is -0.790. The van der Waals surface area contributed by atoms with Gasteiger partial charge in [-0.15, -0.1) is 8.78 Å². The van der Waals surface area contributed by atoms with E-state index in [1.807, 2.05) is 19.9 Å². The zero-order chi connectivity index (χ0) is 25.0. The standard InChI is InChI=1S/C26H24F2N2O5/c1-15-11-19(24(33)30(14-15)9-10-31)23-16(2)3-5-18(29-23)13-22(32)25(7-8-25)17-4-6-20-21(12-17)35-26(27,28)34-20/h3-6,11-12,14,31H,7-10,13H2,1-2H3. The van der Waals surface area contributed by atoms with E-state index in [1.54, 1.807) is 24.4 Å². The van der Waals surface area contributed by atoms with Crippen molar-refractivity contribution in [3.63, 3.8) is 0 Å². The second-order valence-electron chi connectivity index (χ2n) is 9.13. The molecule has 3 heterocycles. The summed E-state index contributed by atoms with van der Waals surface area (Å²) in [4.78, 5) is 31.0. The predicted molar refractivity (Wildman–Crippen MR) is 123 cm³/mol. The summed E-state index contributed by atoms with van der Waals surface area (Å²) in [6.45, 7) is 3.71. The number of benzene rings is 1. The number of aryl methyl sites for hydroxylation is 2. The Kier molecular flexibility index (Phi) is 5.47. The smallest absolute Gasteiger partial charge is 0.395 e. The lowest BCUT2D eigenvalue weighted by Gasteiger charge is -2.16. The Balaban J connectivity index is 1.43. The van der Waals surface area contributed by atoms with Crippen molar-refractivity contribution in [3.8, 4) is 22.8 Å². The lowest BCUT2D eigenvalue weighted by molar-refractivity contribution is -0.286. The first-order valence-corrected chi connectivity index (χ1v) is 11.3. The van der Waals surface area contributed by atoms with Crippen LogP contribution in [-0.4, -0.2) is 33.3 Å². The molecule has 0 radical (unpaired) electrons. The molecule has 0 spiro atoms. The summed E-state index contributed by atoms with van der Waals surface area (Å²) in [5, 5.41) is 9.28. The number of alkyl halides is 2. The molecule has 1 aromatic carbocycles. The number of aliphatic hydroxyl groups is 1. The fourth-order valence-corrected chi connectivity index (χ4v) is 4.60. The van der Waals surface area contributed by atoms with Gasteiger partial charge in [0.2, 0.25) is 0 Å². The van der Waals surface area contributed by atoms with Gasteiger partial charge in [-0.3, -0.25) is 14.6 Å². The number of pyridine rings is 2. The maximum atomic E-state index is 13.4. The maximum absolute atomic E-state index is 13.4. The van der Waals surface area contributed by atoms with E-state index in [-0.39, 0.29) is 42.4 Å². The van der Waals surface area contributed by atoms with E-state index in [1.165, 1.54) is 16.7 Å². The van der Waals surface area contributed by atoms with Crippen LogP contribution in [0.25, 0.3) is 11.3 Å². The molecule has 2 aliphatic rings. The summed E-state index contributed by atoms with van der Waals surface area (Å²) in [5.41, 5.74) is 2.62. The number of carbonyl (C=O) groups excluding carboxylic acids is 1. The van der Waals surface area contributed by atoms with E-state index >= 15 is 0 Å². The van der Waals surface area contributed by atoms with Crippen LogP contribution in [0.5, 0.6) is 11.5 Å². The van der Waals surface area contributed by atoms with Gasteiger partial charge in [0.05, 0.1) is 23.3 Å². The number of rotatable bonds is 7. The minimum absolute atomic E-state index is 0.0362. The van der Waals surface area contributed by atoms with Crippen LogP contribution in [-0.2, 0) is 23.2 Å². The van der Waals surface area contributed by atoms with Gasteiger partial charge < -0.3 is 19.1 Å². The van der Waals surface area contributed by atoms with E-state index in [4.69, 9.17) is 0 Å². The van der Waals surface area contributed by atoms with Crippen molar-refractivity contribution in [2.24, 2.45) is 0 Å². The Morgan fingerprint density at radius 1 is 1.11 bits per heavy atom. The second kappa shape index (κ2) is 8.27. The molecule has 1 aliphatic heterocycles. The zero-order valence-electron chi connectivity index (χ0n) is 19.3. The Morgan fingerprint density at radius 2 is 1.86 bits per heavy atom. The van der Waals surface area contributed by atoms with Crippen LogP contribution in [0.2, 0.25) is 0 Å². The van der Waals surface area contributed by atoms with Gasteiger partial charge in [-0.1, -0.05) is 12.1 Å². The Labute approximate surface area is 200 Å². The third kappa shape index (κ3) is 4.20. The molecule has 0 atom stereocenters. The van der Waals surface area contributed by atoms with Crippen molar-refractivity contribution >= 4 is 5.78 Å². The monoisotopic (exact) mass is 482 g/mol. The average Bonchev–Trinajstić information content (AvgIpc) is 3.54. The molecular formula is C26H24F2N2O5. The molecule has 5 rings (SSSR count). The van der Waals surface area contributed by atoms with Crippen molar-refractivity contribution in [2.75, 3.05) is 6.61 Å². The maximum Gasteiger partial charge on any atom is 0.586 e. The first-order chi connectivity index (χ1) is 16.6. The van der Waals surface area contributed by atoms with Gasteiger partial charge in [0, 0.05) is 24.9 Å². The number of carbonyl (C=O) groups is 1. The van der Waals surface area contributed by atoms with Crippen molar-refractivity contribution in [3.05, 3.63) is 75.3 Å². The number of ether oxygens (including phenoxy) is 2. The zero-order valence-corrected chi connectivity index (χ0v) is 19.3. The molecule has 182 valence electrons. The first kappa shape index (κ1) is 23.2. The Morgan fingerprint density at radius 3 is 2.57 bits per heavy atom. The fourth-order valence-electron chi connectivity index (χ4n) is 4.60. The van der Waals surface area contributed by atoms with Gasteiger partial charge >= 0.3 is 6.29 Å². The molecule has 0 unspecified atom stereocenters. The highest BCUT2D eigenvalue weighted by Gasteiger charge is 2.52. The SMILES string of the molecule is Cc1cc(-c2nc(CC(=O)C3(c4ccc5c(c4)OC(F)(F)O5)CC3)ccc2C)c(=O)n(CCO)c1. The highest BCUT2D eigenvalue weighted by atomic mass is 19.3. The van der Waals surface area contributed by atoms with Gasteiger partial charge in [0.1, 0.15) is 5.78 Å². The molecule has 0 saturated heterocycles. The van der Waals surface area contributed by atoms with Crippen LogP contribution in [0.3, 0.4) is 0 Å². The minimum Gasteiger partial charge on any atom is -0.395 e. The molecule has 3 aromatic rings. The first-order valence-electron chi connectivity index (χ1n) is 11.3. The quantitative estimate of drug-likeness (QED) is 0.553. The third-order valence-corrected chi connectivity index (χ3v) is 6.55. The number of nitrogens with zero attached hydrogens (tertiary/aromatic N) is 2. The largest absolute Gasteiger partial charge is 0.586 e. The van der Waals surface area contributed by atoms with Crippen LogP contribution in [0.1, 0.15) is 35.2 Å². The lowest BCUT2D eigenvalue weighted by atomic mass is 9.88. The average molecular weight is 482 g/mol. The van der Waals surface area contributed by atoms with Crippen LogP contribution < -0.4 is 15.0 Å². The molecule has 1 saturated carbocycles. The van der Waals surface area contributed by atoms with Crippen molar-refractivity contribution in [1.29, 1.82) is 0 Å². The highest BCUT2D eigenvalue weighted by Crippen LogP contribution is 2.52. The van der Waals surface area contributed by atoms with Crippen LogP contribution in [0, 0.1) is 13.8 Å². The molecule has 9 heteroatoms. The second-order valence-corrected chi connectivity index (χ2v) is 9.13. The van der Waals surface area contributed by atoms with Crippen molar-refractivity contribution in [1.82, 2.24) is 9.55 Å².